The first kappa shape index (κ1) is 29.4. The zero-order chi connectivity index (χ0) is 28.4. The van der Waals surface area contributed by atoms with Gasteiger partial charge >= 0.3 is 6.36 Å². The molecule has 4 unspecified atom stereocenters. The van der Waals surface area contributed by atoms with E-state index < -0.39 is 24.9 Å². The minimum absolute atomic E-state index is 0.309. The lowest BCUT2D eigenvalue weighted by Crippen LogP contribution is -2.55. The van der Waals surface area contributed by atoms with Crippen molar-refractivity contribution in [2.24, 2.45) is 5.92 Å². The van der Waals surface area contributed by atoms with Crippen LogP contribution < -0.4 is 4.90 Å². The van der Waals surface area contributed by atoms with Gasteiger partial charge in [-0.1, -0.05) is 19.1 Å². The van der Waals surface area contributed by atoms with Crippen molar-refractivity contribution in [2.45, 2.75) is 69.5 Å². The van der Waals surface area contributed by atoms with Crippen molar-refractivity contribution in [2.75, 3.05) is 57.8 Å². The molecule has 0 aromatic carbocycles. The second-order valence-corrected chi connectivity index (χ2v) is 11.3. The predicted octanol–water partition coefficient (Wildman–Crippen LogP) is 3.43. The van der Waals surface area contributed by atoms with Crippen molar-refractivity contribution < 1.29 is 32.1 Å². The van der Waals surface area contributed by atoms with Gasteiger partial charge in [0.15, 0.2) is 0 Å². The number of aryl methyl sites for hydroxylation is 1. The first-order valence-corrected chi connectivity index (χ1v) is 14.2. The van der Waals surface area contributed by atoms with E-state index in [2.05, 4.69) is 36.3 Å². The Morgan fingerprint density at radius 1 is 1.07 bits per heavy atom. The molecule has 1 aromatic heterocycles. The van der Waals surface area contributed by atoms with Crippen LogP contribution in [0.1, 0.15) is 43.4 Å². The fourth-order valence-electron chi connectivity index (χ4n) is 6.52. The Morgan fingerprint density at radius 2 is 1.80 bits per heavy atom. The molecular formula is C28H39F4N5O3. The maximum absolute atomic E-state index is 14.9. The number of allylic oxidation sites excluding steroid dienone is 1. The number of aliphatic hydroxyl groups excluding tert-OH is 1. The monoisotopic (exact) mass is 569 g/mol. The number of halogens is 4. The Bertz CT molecular complexity index is 1070. The van der Waals surface area contributed by atoms with Gasteiger partial charge in [-0.3, -0.25) is 9.64 Å². The van der Waals surface area contributed by atoms with Crippen LogP contribution >= 0.6 is 0 Å². The Balaban J connectivity index is 1.32. The first-order chi connectivity index (χ1) is 19.1. The fraction of sp³-hybridized carbons (Fsp3) is 0.714. The molecule has 2 saturated heterocycles. The van der Waals surface area contributed by atoms with Crippen molar-refractivity contribution in [1.29, 1.82) is 0 Å². The number of alkyl halides is 4. The Labute approximate surface area is 232 Å². The van der Waals surface area contributed by atoms with Gasteiger partial charge in [0.25, 0.3) is 0 Å². The molecule has 2 aliphatic heterocycles. The van der Waals surface area contributed by atoms with Crippen molar-refractivity contribution in [3.63, 3.8) is 0 Å². The van der Waals surface area contributed by atoms with E-state index in [0.717, 1.165) is 43.5 Å². The number of piperidine rings is 1. The van der Waals surface area contributed by atoms with Crippen LogP contribution in [0.5, 0.6) is 0 Å². The van der Waals surface area contributed by atoms with Gasteiger partial charge in [-0.25, -0.2) is 14.4 Å². The molecule has 40 heavy (non-hydrogen) atoms. The topological polar surface area (TPSA) is 74.2 Å². The van der Waals surface area contributed by atoms with E-state index >= 15 is 0 Å². The molecule has 222 valence electrons. The first-order valence-electron chi connectivity index (χ1n) is 14.2. The molecule has 0 radical (unpaired) electrons. The number of hydrogen-bond acceptors (Lipinski definition) is 8. The van der Waals surface area contributed by atoms with E-state index in [4.69, 9.17) is 4.74 Å². The van der Waals surface area contributed by atoms with E-state index in [9.17, 15) is 22.7 Å². The highest BCUT2D eigenvalue weighted by Gasteiger charge is 2.40. The number of hydrogen-bond donors (Lipinski definition) is 1. The third kappa shape index (κ3) is 6.67. The number of aromatic nitrogens is 2. The summed E-state index contributed by atoms with van der Waals surface area (Å²) in [6.07, 6.45) is -0.376. The SMILES string of the molecule is COC([C@H](CN1CCC(O)CC1)C1=CC(F)C(OC(F)(F)F)C=C1)N1CCN(c2ncnc3c2C(C)CC3)CC1. The standard InChI is InChI=1S/C28H39F4N5O3/c1-18-3-5-23-25(18)26(34-17-33-23)36-11-13-37(14-12-36)27(39-2)21(16-35-9-7-20(38)8-10-35)19-4-6-24(22(29)15-19)40-28(30,31)32/h4,6,15,17-18,20-22,24,27,38H,3,5,7-14,16H2,1-2H3/t18?,21-,22?,24?,27?/m1/s1. The highest BCUT2D eigenvalue weighted by Crippen LogP contribution is 2.38. The lowest BCUT2D eigenvalue weighted by atomic mass is 9.89. The minimum Gasteiger partial charge on any atom is -0.393 e. The van der Waals surface area contributed by atoms with Gasteiger partial charge in [0, 0.05) is 70.1 Å². The van der Waals surface area contributed by atoms with Gasteiger partial charge in [-0.15, -0.1) is 13.2 Å². The molecule has 2 fully saturated rings. The van der Waals surface area contributed by atoms with Crippen LogP contribution in [0.2, 0.25) is 0 Å². The molecule has 1 aromatic rings. The molecule has 0 amide bonds. The van der Waals surface area contributed by atoms with Gasteiger partial charge in [0.1, 0.15) is 30.6 Å². The summed E-state index contributed by atoms with van der Waals surface area (Å²) in [5.41, 5.74) is 2.97. The van der Waals surface area contributed by atoms with Crippen LogP contribution in [0, 0.1) is 5.92 Å². The van der Waals surface area contributed by atoms with E-state index in [0.29, 0.717) is 57.1 Å². The minimum atomic E-state index is -4.92. The number of nitrogens with zero attached hydrogens (tertiary/aromatic N) is 5. The molecule has 0 saturated carbocycles. The second-order valence-electron chi connectivity index (χ2n) is 11.3. The summed E-state index contributed by atoms with van der Waals surface area (Å²) in [5, 5.41) is 9.97. The van der Waals surface area contributed by atoms with Crippen LogP contribution in [0.25, 0.3) is 0 Å². The van der Waals surface area contributed by atoms with Crippen molar-refractivity contribution in [3.8, 4) is 0 Å². The van der Waals surface area contributed by atoms with Gasteiger partial charge in [-0.2, -0.15) is 0 Å². The van der Waals surface area contributed by atoms with E-state index in [-0.39, 0.29) is 12.0 Å². The number of likely N-dealkylation sites (tertiary alicyclic amines) is 1. The Hall–Kier alpha value is -2.12. The molecule has 8 nitrogen and oxygen atoms in total. The number of piperazine rings is 1. The fourth-order valence-corrected chi connectivity index (χ4v) is 6.52. The molecule has 4 aliphatic rings. The van der Waals surface area contributed by atoms with Gasteiger partial charge < -0.3 is 19.6 Å². The summed E-state index contributed by atoms with van der Waals surface area (Å²) >= 11 is 0. The molecule has 3 heterocycles. The predicted molar refractivity (Wildman–Crippen MR) is 142 cm³/mol. The van der Waals surface area contributed by atoms with Crippen molar-refractivity contribution in [1.82, 2.24) is 19.8 Å². The summed E-state index contributed by atoms with van der Waals surface area (Å²) < 4.78 is 63.3. The highest BCUT2D eigenvalue weighted by atomic mass is 19.4. The van der Waals surface area contributed by atoms with Crippen LogP contribution in [0.4, 0.5) is 23.4 Å². The average molecular weight is 570 g/mol. The number of ether oxygens (including phenoxy) is 2. The second kappa shape index (κ2) is 12.4. The molecule has 1 N–H and O–H groups in total. The number of methoxy groups -OCH3 is 1. The number of fused-ring (bicyclic) bond motifs is 1. The Morgan fingerprint density at radius 3 is 2.45 bits per heavy atom. The molecule has 0 spiro atoms. The van der Waals surface area contributed by atoms with E-state index in [1.807, 2.05) is 0 Å². The summed E-state index contributed by atoms with van der Waals surface area (Å²) in [4.78, 5) is 15.9. The average Bonchev–Trinajstić information content (AvgIpc) is 3.31. The van der Waals surface area contributed by atoms with Gasteiger partial charge in [-0.05, 0) is 43.3 Å². The number of aliphatic hydroxyl groups is 1. The van der Waals surface area contributed by atoms with Gasteiger partial charge in [0.2, 0.25) is 0 Å². The third-order valence-corrected chi connectivity index (χ3v) is 8.67. The van der Waals surface area contributed by atoms with Crippen LogP contribution in [-0.4, -0.2) is 109 Å². The van der Waals surface area contributed by atoms with Crippen LogP contribution in [0.3, 0.4) is 0 Å². The van der Waals surface area contributed by atoms with Crippen molar-refractivity contribution >= 4 is 5.82 Å². The largest absolute Gasteiger partial charge is 0.523 e. The molecule has 0 bridgehead atoms. The van der Waals surface area contributed by atoms with Crippen molar-refractivity contribution in [3.05, 3.63) is 41.4 Å². The van der Waals surface area contributed by atoms with Crippen LogP contribution in [-0.2, 0) is 15.9 Å². The summed E-state index contributed by atoms with van der Waals surface area (Å²) in [7, 11) is 1.62. The highest BCUT2D eigenvalue weighted by molar-refractivity contribution is 5.52. The lowest BCUT2D eigenvalue weighted by Gasteiger charge is -2.44. The van der Waals surface area contributed by atoms with E-state index in [1.165, 1.54) is 11.6 Å². The summed E-state index contributed by atoms with van der Waals surface area (Å²) in [6.45, 7) is 6.99. The molecule has 5 atom stereocenters. The molecular weight excluding hydrogens is 530 g/mol. The summed E-state index contributed by atoms with van der Waals surface area (Å²) in [6, 6.07) is 0. The number of anilines is 1. The molecule has 5 rings (SSSR count). The quantitative estimate of drug-likeness (QED) is 0.478. The maximum Gasteiger partial charge on any atom is 0.523 e. The normalized spacial score (nSPS) is 28.4. The lowest BCUT2D eigenvalue weighted by molar-refractivity contribution is -0.340. The smallest absolute Gasteiger partial charge is 0.393 e. The Kier molecular flexibility index (Phi) is 9.11. The third-order valence-electron chi connectivity index (χ3n) is 8.67. The van der Waals surface area contributed by atoms with Crippen LogP contribution in [0.15, 0.2) is 30.1 Å². The summed E-state index contributed by atoms with van der Waals surface area (Å²) in [5.74, 6) is 1.12. The number of rotatable bonds is 8. The maximum atomic E-state index is 14.9. The zero-order valence-electron chi connectivity index (χ0n) is 23.1. The van der Waals surface area contributed by atoms with Gasteiger partial charge in [0.05, 0.1) is 6.10 Å². The molecule has 12 heteroatoms. The van der Waals surface area contributed by atoms with E-state index in [1.54, 1.807) is 19.5 Å². The molecule has 2 aliphatic carbocycles. The zero-order valence-corrected chi connectivity index (χ0v) is 23.1.